The molecule has 0 radical (unpaired) electrons. The summed E-state index contributed by atoms with van der Waals surface area (Å²) in [5, 5.41) is 6.09. The van der Waals surface area contributed by atoms with Crippen molar-refractivity contribution in [1.29, 1.82) is 0 Å². The quantitative estimate of drug-likeness (QED) is 0.692. The fourth-order valence-electron chi connectivity index (χ4n) is 3.25. The lowest BCUT2D eigenvalue weighted by Gasteiger charge is -2.31. The summed E-state index contributed by atoms with van der Waals surface area (Å²) in [5.74, 6) is 0.428. The normalized spacial score (nSPS) is 19.2. The van der Waals surface area contributed by atoms with E-state index in [-0.39, 0.29) is 5.92 Å². The van der Waals surface area contributed by atoms with E-state index in [0.29, 0.717) is 5.78 Å². The van der Waals surface area contributed by atoms with Gasteiger partial charge in [0, 0.05) is 25.2 Å². The molecule has 0 aliphatic carbocycles. The van der Waals surface area contributed by atoms with Crippen LogP contribution in [0.25, 0.3) is 5.65 Å². The van der Waals surface area contributed by atoms with Gasteiger partial charge in [0.15, 0.2) is 11.4 Å². The maximum absolute atomic E-state index is 12.6. The number of thiophene rings is 1. The number of hydrogen-bond donors (Lipinski definition) is 0. The molecule has 4 heterocycles. The molecule has 3 aromatic rings. The number of carbonyl (C=O) groups excluding carboxylic acids is 1. The molecule has 23 heavy (non-hydrogen) atoms. The zero-order valence-electron chi connectivity index (χ0n) is 12.8. The Kier molecular flexibility index (Phi) is 3.93. The molecule has 1 aliphatic rings. The first-order valence-electron chi connectivity index (χ1n) is 7.88. The van der Waals surface area contributed by atoms with E-state index in [1.807, 2.05) is 23.7 Å². The highest BCUT2D eigenvalue weighted by molar-refractivity contribution is 7.12. The van der Waals surface area contributed by atoms with Crippen LogP contribution in [0.1, 0.15) is 28.1 Å². The summed E-state index contributed by atoms with van der Waals surface area (Å²) in [6, 6.07) is 8.03. The third-order valence-corrected chi connectivity index (χ3v) is 5.28. The van der Waals surface area contributed by atoms with E-state index in [2.05, 4.69) is 27.1 Å². The molecule has 4 rings (SSSR count). The largest absolute Gasteiger partial charge is 0.298 e. The summed E-state index contributed by atoms with van der Waals surface area (Å²) in [5.41, 5.74) is 2.08. The van der Waals surface area contributed by atoms with Gasteiger partial charge in [-0.15, -0.1) is 11.3 Å². The lowest BCUT2D eigenvalue weighted by Crippen LogP contribution is -2.38. The van der Waals surface area contributed by atoms with Crippen LogP contribution in [0.5, 0.6) is 0 Å². The molecular formula is C17H18N4OS. The summed E-state index contributed by atoms with van der Waals surface area (Å²) in [4.78, 5) is 20.1. The van der Waals surface area contributed by atoms with Crippen molar-refractivity contribution in [2.45, 2.75) is 19.4 Å². The smallest absolute Gasteiger partial charge is 0.177 e. The van der Waals surface area contributed by atoms with Crippen LogP contribution in [0.2, 0.25) is 0 Å². The van der Waals surface area contributed by atoms with Gasteiger partial charge in [-0.25, -0.2) is 9.50 Å². The molecule has 118 valence electrons. The van der Waals surface area contributed by atoms with Crippen molar-refractivity contribution < 1.29 is 4.79 Å². The molecule has 1 fully saturated rings. The second kappa shape index (κ2) is 6.22. The van der Waals surface area contributed by atoms with Gasteiger partial charge in [0.2, 0.25) is 0 Å². The van der Waals surface area contributed by atoms with Crippen molar-refractivity contribution >= 4 is 22.8 Å². The number of likely N-dealkylation sites (tertiary alicyclic amines) is 1. The van der Waals surface area contributed by atoms with Gasteiger partial charge in [0.05, 0.1) is 4.88 Å². The van der Waals surface area contributed by atoms with Gasteiger partial charge in [-0.1, -0.05) is 6.07 Å². The van der Waals surface area contributed by atoms with Gasteiger partial charge < -0.3 is 0 Å². The number of aromatic nitrogens is 3. The highest BCUT2D eigenvalue weighted by Gasteiger charge is 2.27. The maximum Gasteiger partial charge on any atom is 0.177 e. The van der Waals surface area contributed by atoms with Crippen LogP contribution in [0.15, 0.2) is 42.2 Å². The molecule has 6 heteroatoms. The first kappa shape index (κ1) is 14.5. The van der Waals surface area contributed by atoms with Crippen LogP contribution in [-0.2, 0) is 6.54 Å². The van der Waals surface area contributed by atoms with Crippen LogP contribution in [0, 0.1) is 5.92 Å². The molecule has 1 atom stereocenters. The molecule has 0 bridgehead atoms. The Morgan fingerprint density at radius 2 is 2.35 bits per heavy atom. The molecule has 5 nitrogen and oxygen atoms in total. The van der Waals surface area contributed by atoms with E-state index in [1.54, 1.807) is 22.2 Å². The summed E-state index contributed by atoms with van der Waals surface area (Å²) >= 11 is 1.55. The van der Waals surface area contributed by atoms with Crippen molar-refractivity contribution in [1.82, 2.24) is 19.5 Å². The second-order valence-corrected chi connectivity index (χ2v) is 6.96. The molecule has 1 saturated heterocycles. The highest BCUT2D eigenvalue weighted by Crippen LogP contribution is 2.24. The number of ketones is 1. The number of pyridine rings is 1. The monoisotopic (exact) mass is 326 g/mol. The molecule has 1 aliphatic heterocycles. The minimum atomic E-state index is 0.124. The summed E-state index contributed by atoms with van der Waals surface area (Å²) < 4.78 is 1.77. The van der Waals surface area contributed by atoms with E-state index in [9.17, 15) is 4.79 Å². The number of nitrogens with zero attached hydrogens (tertiary/aromatic N) is 4. The molecular weight excluding hydrogens is 308 g/mol. The van der Waals surface area contributed by atoms with E-state index < -0.39 is 0 Å². The fourth-order valence-corrected chi connectivity index (χ4v) is 3.99. The van der Waals surface area contributed by atoms with Crippen LogP contribution >= 0.6 is 11.3 Å². The average Bonchev–Trinajstić information content (AvgIpc) is 3.25. The third kappa shape index (κ3) is 3.04. The number of Topliss-reactive ketones (excluding diaryl/α,β-unsaturated/α-hetero) is 1. The molecule has 3 aromatic heterocycles. The fraction of sp³-hybridized carbons (Fsp3) is 0.353. The van der Waals surface area contributed by atoms with Crippen molar-refractivity contribution in [3.05, 3.63) is 52.6 Å². The zero-order valence-corrected chi connectivity index (χ0v) is 13.6. The number of hydrogen-bond acceptors (Lipinski definition) is 5. The summed E-state index contributed by atoms with van der Waals surface area (Å²) in [6.07, 6.45) is 5.58. The van der Waals surface area contributed by atoms with Crippen LogP contribution in [0.3, 0.4) is 0 Å². The lowest BCUT2D eigenvalue weighted by atomic mass is 9.92. The highest BCUT2D eigenvalue weighted by atomic mass is 32.1. The Balaban J connectivity index is 1.45. The minimum Gasteiger partial charge on any atom is -0.298 e. The molecule has 1 unspecified atom stereocenters. The molecule has 0 spiro atoms. The Hall–Kier alpha value is -2.05. The van der Waals surface area contributed by atoms with E-state index >= 15 is 0 Å². The van der Waals surface area contributed by atoms with Gasteiger partial charge in [-0.3, -0.25) is 9.69 Å². The third-order valence-electron chi connectivity index (χ3n) is 4.39. The standard InChI is InChI=1S/C17H18N4OS/c22-17(15-4-2-8-23-15)14-3-1-6-20(11-14)10-13-5-7-21-16(9-13)18-12-19-21/h2,4-5,7-9,12,14H,1,3,6,10-11H2. The van der Waals surface area contributed by atoms with E-state index in [1.165, 1.54) is 5.56 Å². The van der Waals surface area contributed by atoms with Crippen LogP contribution in [-0.4, -0.2) is 38.4 Å². The zero-order chi connectivity index (χ0) is 15.6. The SMILES string of the molecule is O=C(c1cccs1)C1CCCN(Cc2ccn3ncnc3c2)C1. The van der Waals surface area contributed by atoms with Crippen LogP contribution < -0.4 is 0 Å². The number of carbonyl (C=O) groups is 1. The number of rotatable bonds is 4. The predicted octanol–water partition coefficient (Wildman–Crippen LogP) is 2.89. The first-order valence-corrected chi connectivity index (χ1v) is 8.76. The molecule has 0 saturated carbocycles. The van der Waals surface area contributed by atoms with Crippen molar-refractivity contribution in [2.24, 2.45) is 5.92 Å². The van der Waals surface area contributed by atoms with Gasteiger partial charge in [-0.2, -0.15) is 5.10 Å². The van der Waals surface area contributed by atoms with Crippen molar-refractivity contribution in [2.75, 3.05) is 13.1 Å². The van der Waals surface area contributed by atoms with Gasteiger partial charge >= 0.3 is 0 Å². The topological polar surface area (TPSA) is 50.5 Å². The summed E-state index contributed by atoms with van der Waals surface area (Å²) in [7, 11) is 0. The van der Waals surface area contributed by atoms with Gasteiger partial charge in [0.1, 0.15) is 6.33 Å². The van der Waals surface area contributed by atoms with Crippen molar-refractivity contribution in [3.63, 3.8) is 0 Å². The van der Waals surface area contributed by atoms with E-state index in [0.717, 1.165) is 43.0 Å². The second-order valence-electron chi connectivity index (χ2n) is 6.01. The maximum atomic E-state index is 12.6. The van der Waals surface area contributed by atoms with E-state index in [4.69, 9.17) is 0 Å². The predicted molar refractivity (Wildman–Crippen MR) is 89.6 cm³/mol. The molecule has 0 aromatic carbocycles. The first-order chi connectivity index (χ1) is 11.3. The van der Waals surface area contributed by atoms with Crippen molar-refractivity contribution in [3.8, 4) is 0 Å². The molecule has 0 N–H and O–H groups in total. The summed E-state index contributed by atoms with van der Waals surface area (Å²) in [6.45, 7) is 2.75. The Morgan fingerprint density at radius 3 is 3.22 bits per heavy atom. The Labute approximate surface area is 138 Å². The number of piperidine rings is 1. The Bertz CT molecular complexity index is 811. The molecule has 0 amide bonds. The number of fused-ring (bicyclic) bond motifs is 1. The van der Waals surface area contributed by atoms with Gasteiger partial charge in [0.25, 0.3) is 0 Å². The van der Waals surface area contributed by atoms with Crippen LogP contribution in [0.4, 0.5) is 0 Å². The average molecular weight is 326 g/mol. The lowest BCUT2D eigenvalue weighted by molar-refractivity contribution is 0.0816. The minimum absolute atomic E-state index is 0.124. The Morgan fingerprint density at radius 1 is 1.39 bits per heavy atom. The van der Waals surface area contributed by atoms with Gasteiger partial charge in [-0.05, 0) is 48.5 Å².